The van der Waals surface area contributed by atoms with Crippen molar-refractivity contribution in [1.82, 2.24) is 0 Å². The lowest BCUT2D eigenvalue weighted by atomic mass is 10.2. The van der Waals surface area contributed by atoms with E-state index in [2.05, 4.69) is 5.32 Å². The summed E-state index contributed by atoms with van der Waals surface area (Å²) in [4.78, 5) is 13.1. The fraction of sp³-hybridized carbons (Fsp3) is 0.278. The molecule has 2 N–H and O–H groups in total. The Kier molecular flexibility index (Phi) is 6.58. The highest BCUT2D eigenvalue weighted by Gasteiger charge is 2.12. The minimum Gasteiger partial charge on any atom is -0.494 e. The van der Waals surface area contributed by atoms with Crippen molar-refractivity contribution in [1.29, 1.82) is 0 Å². The normalized spacial score (nSPS) is 11.8. The van der Waals surface area contributed by atoms with Gasteiger partial charge < -0.3 is 15.0 Å². The predicted octanol–water partition coefficient (Wildman–Crippen LogP) is 2.53. The lowest BCUT2D eigenvalue weighted by Gasteiger charge is -2.14. The van der Waals surface area contributed by atoms with Gasteiger partial charge in [0.1, 0.15) is 18.1 Å². The highest BCUT2D eigenvalue weighted by Crippen LogP contribution is 2.19. The van der Waals surface area contributed by atoms with Crippen LogP contribution in [-0.2, 0) is 11.3 Å². The van der Waals surface area contributed by atoms with Crippen LogP contribution in [0.1, 0.15) is 12.5 Å². The predicted molar refractivity (Wildman–Crippen MR) is 93.1 cm³/mol. The van der Waals surface area contributed by atoms with Crippen LogP contribution < -0.4 is 15.0 Å². The lowest BCUT2D eigenvalue weighted by Crippen LogP contribution is -3.08. The molecule has 0 aliphatic heterocycles. The van der Waals surface area contributed by atoms with Crippen LogP contribution >= 0.6 is 11.6 Å². The summed E-state index contributed by atoms with van der Waals surface area (Å²) >= 11 is 5.70. The van der Waals surface area contributed by atoms with E-state index in [1.165, 1.54) is 18.2 Å². The van der Waals surface area contributed by atoms with Gasteiger partial charge >= 0.3 is 0 Å². The second kappa shape index (κ2) is 8.66. The largest absolute Gasteiger partial charge is 0.494 e. The molecule has 0 saturated heterocycles. The van der Waals surface area contributed by atoms with Gasteiger partial charge in [-0.25, -0.2) is 4.39 Å². The summed E-state index contributed by atoms with van der Waals surface area (Å²) in [6.45, 7) is 3.59. The number of carbonyl (C=O) groups is 1. The van der Waals surface area contributed by atoms with Gasteiger partial charge in [-0.15, -0.1) is 0 Å². The SMILES string of the molecule is CCOc1ccc(C[NH+](C)CC(=O)Nc2ccc(F)c(Cl)c2)cc1. The molecule has 0 spiro atoms. The van der Waals surface area contributed by atoms with Gasteiger partial charge in [0.15, 0.2) is 6.54 Å². The summed E-state index contributed by atoms with van der Waals surface area (Å²) in [5.74, 6) is 0.179. The van der Waals surface area contributed by atoms with Crippen molar-refractivity contribution in [3.05, 3.63) is 58.9 Å². The molecule has 0 aliphatic rings. The number of likely N-dealkylation sites (N-methyl/N-ethyl adjacent to an activating group) is 1. The minimum absolute atomic E-state index is 0.0112. The first-order valence-electron chi connectivity index (χ1n) is 7.76. The summed E-state index contributed by atoms with van der Waals surface area (Å²) in [5, 5.41) is 2.71. The van der Waals surface area contributed by atoms with E-state index in [4.69, 9.17) is 16.3 Å². The van der Waals surface area contributed by atoms with Crippen molar-refractivity contribution >= 4 is 23.2 Å². The molecule has 0 saturated carbocycles. The molecule has 24 heavy (non-hydrogen) atoms. The van der Waals surface area contributed by atoms with Crippen LogP contribution in [-0.4, -0.2) is 26.1 Å². The highest BCUT2D eigenvalue weighted by molar-refractivity contribution is 6.31. The molecule has 4 nitrogen and oxygen atoms in total. The van der Waals surface area contributed by atoms with E-state index < -0.39 is 5.82 Å². The Bertz CT molecular complexity index is 692. The number of quaternary nitrogens is 1. The number of amides is 1. The van der Waals surface area contributed by atoms with Crippen molar-refractivity contribution in [2.24, 2.45) is 0 Å². The third kappa shape index (κ3) is 5.51. The molecule has 0 fully saturated rings. The van der Waals surface area contributed by atoms with E-state index >= 15 is 0 Å². The zero-order chi connectivity index (χ0) is 17.5. The molecule has 2 aromatic rings. The third-order valence-corrected chi connectivity index (χ3v) is 3.70. The molecule has 0 aliphatic carbocycles. The van der Waals surface area contributed by atoms with Crippen molar-refractivity contribution in [3.63, 3.8) is 0 Å². The lowest BCUT2D eigenvalue weighted by molar-refractivity contribution is -0.885. The Morgan fingerprint density at radius 3 is 2.58 bits per heavy atom. The van der Waals surface area contributed by atoms with E-state index in [0.29, 0.717) is 25.4 Å². The molecule has 0 radical (unpaired) electrons. The van der Waals surface area contributed by atoms with E-state index in [1.54, 1.807) is 0 Å². The summed E-state index contributed by atoms with van der Waals surface area (Å²) < 4.78 is 18.5. The fourth-order valence-corrected chi connectivity index (χ4v) is 2.51. The van der Waals surface area contributed by atoms with Crippen LogP contribution in [0.15, 0.2) is 42.5 Å². The zero-order valence-electron chi connectivity index (χ0n) is 13.7. The number of nitrogens with one attached hydrogen (secondary N) is 2. The quantitative estimate of drug-likeness (QED) is 0.805. The Labute approximate surface area is 146 Å². The highest BCUT2D eigenvalue weighted by atomic mass is 35.5. The standard InChI is InChI=1S/C18H20ClFN2O2/c1-3-24-15-7-4-13(5-8-15)11-22(2)12-18(23)21-14-6-9-17(20)16(19)10-14/h4-10H,3,11-12H2,1-2H3,(H,21,23)/p+1. The molecule has 6 heteroatoms. The number of anilines is 1. The monoisotopic (exact) mass is 351 g/mol. The smallest absolute Gasteiger partial charge is 0.279 e. The number of ether oxygens (including phenoxy) is 1. The van der Waals surface area contributed by atoms with Crippen molar-refractivity contribution in [3.8, 4) is 5.75 Å². The molecule has 0 aromatic heterocycles. The van der Waals surface area contributed by atoms with Crippen molar-refractivity contribution in [2.75, 3.05) is 25.5 Å². The van der Waals surface area contributed by atoms with Gasteiger partial charge in [-0.05, 0) is 49.4 Å². The third-order valence-electron chi connectivity index (χ3n) is 3.41. The van der Waals surface area contributed by atoms with Gasteiger partial charge in [0, 0.05) is 11.3 Å². The average Bonchev–Trinajstić information content (AvgIpc) is 2.53. The van der Waals surface area contributed by atoms with Gasteiger partial charge in [0.05, 0.1) is 18.7 Å². The maximum atomic E-state index is 13.1. The number of halogens is 2. The molecule has 0 bridgehead atoms. The van der Waals surface area contributed by atoms with Gasteiger partial charge in [0.2, 0.25) is 0 Å². The van der Waals surface area contributed by atoms with Crippen LogP contribution in [0.25, 0.3) is 0 Å². The second-order valence-corrected chi connectivity index (χ2v) is 5.97. The molecule has 1 amide bonds. The van der Waals surface area contributed by atoms with Crippen molar-refractivity contribution < 1.29 is 18.8 Å². The van der Waals surface area contributed by atoms with Gasteiger partial charge in [-0.2, -0.15) is 0 Å². The van der Waals surface area contributed by atoms with E-state index in [1.807, 2.05) is 38.2 Å². The Morgan fingerprint density at radius 1 is 1.25 bits per heavy atom. The molecular weight excluding hydrogens is 331 g/mol. The van der Waals surface area contributed by atoms with Crippen LogP contribution in [0.3, 0.4) is 0 Å². The van der Waals surface area contributed by atoms with Gasteiger partial charge in [0.25, 0.3) is 5.91 Å². The van der Waals surface area contributed by atoms with Crippen LogP contribution in [0.5, 0.6) is 5.75 Å². The number of carbonyl (C=O) groups excluding carboxylic acids is 1. The molecule has 1 atom stereocenters. The first-order valence-corrected chi connectivity index (χ1v) is 8.13. The number of hydrogen-bond acceptors (Lipinski definition) is 2. The molecule has 128 valence electrons. The number of benzene rings is 2. The summed E-state index contributed by atoms with van der Waals surface area (Å²) in [7, 11) is 1.94. The molecule has 2 aromatic carbocycles. The molecular formula is C18H21ClFN2O2+. The number of hydrogen-bond donors (Lipinski definition) is 2. The average molecular weight is 352 g/mol. The fourth-order valence-electron chi connectivity index (χ4n) is 2.33. The van der Waals surface area contributed by atoms with E-state index in [0.717, 1.165) is 16.2 Å². The van der Waals surface area contributed by atoms with Crippen molar-refractivity contribution in [2.45, 2.75) is 13.5 Å². The Morgan fingerprint density at radius 2 is 1.96 bits per heavy atom. The van der Waals surface area contributed by atoms with Crippen LogP contribution in [0.4, 0.5) is 10.1 Å². The van der Waals surface area contributed by atoms with Crippen LogP contribution in [0.2, 0.25) is 5.02 Å². The maximum absolute atomic E-state index is 13.1. The van der Waals surface area contributed by atoms with Crippen LogP contribution in [0, 0.1) is 5.82 Å². The minimum atomic E-state index is -0.507. The second-order valence-electron chi connectivity index (χ2n) is 5.56. The molecule has 0 heterocycles. The first kappa shape index (κ1) is 18.2. The van der Waals surface area contributed by atoms with E-state index in [9.17, 15) is 9.18 Å². The summed E-state index contributed by atoms with van der Waals surface area (Å²) in [6, 6.07) is 11.9. The summed E-state index contributed by atoms with van der Waals surface area (Å²) in [5.41, 5.74) is 1.61. The molecule has 1 unspecified atom stereocenters. The maximum Gasteiger partial charge on any atom is 0.279 e. The summed E-state index contributed by atoms with van der Waals surface area (Å²) in [6.07, 6.45) is 0. The number of rotatable bonds is 7. The van der Waals surface area contributed by atoms with E-state index in [-0.39, 0.29) is 10.9 Å². The topological polar surface area (TPSA) is 42.8 Å². The van der Waals surface area contributed by atoms with Gasteiger partial charge in [-0.3, -0.25) is 4.79 Å². The first-order chi connectivity index (χ1) is 11.5. The van der Waals surface area contributed by atoms with Gasteiger partial charge in [-0.1, -0.05) is 11.6 Å². The molecule has 2 rings (SSSR count). The Balaban J connectivity index is 1.85. The Hall–Kier alpha value is -2.11. The zero-order valence-corrected chi connectivity index (χ0v) is 14.5.